The molecule has 0 unspecified atom stereocenters. The van der Waals surface area contributed by atoms with Crippen molar-refractivity contribution in [3.8, 4) is 0 Å². The van der Waals surface area contributed by atoms with Crippen molar-refractivity contribution < 1.29 is 5.11 Å². The highest BCUT2D eigenvalue weighted by molar-refractivity contribution is 8.00. The summed E-state index contributed by atoms with van der Waals surface area (Å²) < 4.78 is 0. The van der Waals surface area contributed by atoms with Crippen LogP contribution in [0.5, 0.6) is 0 Å². The van der Waals surface area contributed by atoms with Gasteiger partial charge in [-0.2, -0.15) is 0 Å². The van der Waals surface area contributed by atoms with Crippen LogP contribution in [0.15, 0.2) is 29.2 Å². The Morgan fingerprint density at radius 3 is 2.39 bits per heavy atom. The van der Waals surface area contributed by atoms with Gasteiger partial charge in [0.2, 0.25) is 0 Å². The zero-order chi connectivity index (χ0) is 13.1. The molecule has 1 aliphatic rings. The van der Waals surface area contributed by atoms with Crippen molar-refractivity contribution in [3.05, 3.63) is 24.3 Å². The number of aliphatic hydroxyl groups is 1. The number of anilines is 1. The van der Waals surface area contributed by atoms with Crippen molar-refractivity contribution in [2.75, 3.05) is 19.0 Å². The van der Waals surface area contributed by atoms with E-state index in [0.29, 0.717) is 11.2 Å². The molecule has 3 atom stereocenters. The van der Waals surface area contributed by atoms with E-state index in [-0.39, 0.29) is 6.10 Å². The van der Waals surface area contributed by atoms with Gasteiger partial charge in [0.05, 0.1) is 6.10 Å². The molecule has 100 valence electrons. The van der Waals surface area contributed by atoms with Crippen molar-refractivity contribution >= 4 is 17.4 Å². The molecule has 0 radical (unpaired) electrons. The van der Waals surface area contributed by atoms with Crippen LogP contribution in [0.4, 0.5) is 5.69 Å². The highest BCUT2D eigenvalue weighted by Gasteiger charge is 2.27. The molecule has 18 heavy (non-hydrogen) atoms. The first-order chi connectivity index (χ1) is 8.56. The second-order valence-corrected chi connectivity index (χ2v) is 6.84. The normalized spacial score (nSPS) is 28.1. The molecule has 1 saturated carbocycles. The number of benzene rings is 1. The summed E-state index contributed by atoms with van der Waals surface area (Å²) in [4.78, 5) is 3.37. The van der Waals surface area contributed by atoms with Gasteiger partial charge in [0.15, 0.2) is 0 Å². The van der Waals surface area contributed by atoms with Gasteiger partial charge in [-0.25, -0.2) is 0 Å². The number of hydrogen-bond acceptors (Lipinski definition) is 3. The maximum atomic E-state index is 10.1. The van der Waals surface area contributed by atoms with Gasteiger partial charge in [0, 0.05) is 29.9 Å². The largest absolute Gasteiger partial charge is 0.392 e. The van der Waals surface area contributed by atoms with Crippen molar-refractivity contribution in [2.24, 2.45) is 5.92 Å². The van der Waals surface area contributed by atoms with E-state index in [9.17, 15) is 5.11 Å². The van der Waals surface area contributed by atoms with Crippen molar-refractivity contribution in [1.29, 1.82) is 0 Å². The Balaban J connectivity index is 1.96. The molecule has 2 nitrogen and oxygen atoms in total. The molecule has 0 bridgehead atoms. The molecule has 0 amide bonds. The zero-order valence-corrected chi connectivity index (χ0v) is 12.3. The van der Waals surface area contributed by atoms with Crippen LogP contribution in [0, 0.1) is 5.92 Å². The summed E-state index contributed by atoms with van der Waals surface area (Å²) in [6.45, 7) is 2.23. The van der Waals surface area contributed by atoms with Gasteiger partial charge >= 0.3 is 0 Å². The smallest absolute Gasteiger partial charge is 0.0664 e. The summed E-state index contributed by atoms with van der Waals surface area (Å²) in [5.41, 5.74) is 1.22. The standard InChI is InChI=1S/C15H23NOS/c1-11-4-9-15(14(17)10-11)18-13-7-5-12(6-8-13)16(2)3/h5-8,11,14-15,17H,4,9-10H2,1-3H3/t11-,14+,15+/m0/s1. The van der Waals surface area contributed by atoms with Gasteiger partial charge < -0.3 is 10.0 Å². The fraction of sp³-hybridized carbons (Fsp3) is 0.600. The summed E-state index contributed by atoms with van der Waals surface area (Å²) in [5.74, 6) is 0.674. The van der Waals surface area contributed by atoms with Crippen LogP contribution in [-0.2, 0) is 0 Å². The predicted octanol–water partition coefficient (Wildman–Crippen LogP) is 3.39. The number of thioether (sulfide) groups is 1. The molecule has 1 fully saturated rings. The van der Waals surface area contributed by atoms with Crippen molar-refractivity contribution in [2.45, 2.75) is 42.4 Å². The number of aliphatic hydroxyl groups excluding tert-OH is 1. The Kier molecular flexibility index (Phi) is 4.57. The first kappa shape index (κ1) is 13.8. The third kappa shape index (κ3) is 3.42. The topological polar surface area (TPSA) is 23.5 Å². The minimum atomic E-state index is -0.146. The lowest BCUT2D eigenvalue weighted by molar-refractivity contribution is 0.113. The maximum Gasteiger partial charge on any atom is 0.0664 e. The lowest BCUT2D eigenvalue weighted by atomic mass is 9.88. The van der Waals surface area contributed by atoms with Crippen LogP contribution >= 0.6 is 11.8 Å². The van der Waals surface area contributed by atoms with E-state index in [0.717, 1.165) is 12.8 Å². The number of rotatable bonds is 3. The van der Waals surface area contributed by atoms with E-state index in [4.69, 9.17) is 0 Å². The molecular weight excluding hydrogens is 242 g/mol. The molecule has 3 heteroatoms. The van der Waals surface area contributed by atoms with Gasteiger partial charge in [0.25, 0.3) is 0 Å². The van der Waals surface area contributed by atoms with Crippen LogP contribution < -0.4 is 4.90 Å². The minimum Gasteiger partial charge on any atom is -0.392 e. The van der Waals surface area contributed by atoms with Gasteiger partial charge in [-0.3, -0.25) is 0 Å². The molecule has 2 rings (SSSR count). The fourth-order valence-corrected chi connectivity index (χ4v) is 3.62. The van der Waals surface area contributed by atoms with E-state index >= 15 is 0 Å². The molecule has 0 spiro atoms. The van der Waals surface area contributed by atoms with E-state index in [2.05, 4.69) is 50.2 Å². The van der Waals surface area contributed by atoms with Crippen LogP contribution in [0.2, 0.25) is 0 Å². The molecule has 0 aliphatic heterocycles. The fourth-order valence-electron chi connectivity index (χ4n) is 2.46. The minimum absolute atomic E-state index is 0.146. The summed E-state index contributed by atoms with van der Waals surface area (Å²) in [5, 5.41) is 10.5. The summed E-state index contributed by atoms with van der Waals surface area (Å²) in [7, 11) is 4.10. The van der Waals surface area contributed by atoms with Crippen molar-refractivity contribution in [1.82, 2.24) is 0 Å². The van der Waals surface area contributed by atoms with Crippen molar-refractivity contribution in [3.63, 3.8) is 0 Å². The Bertz CT molecular complexity index is 377. The Morgan fingerprint density at radius 1 is 1.17 bits per heavy atom. The zero-order valence-electron chi connectivity index (χ0n) is 11.5. The van der Waals surface area contributed by atoms with Crippen LogP contribution in [0.25, 0.3) is 0 Å². The van der Waals surface area contributed by atoms with Crippen LogP contribution in [0.3, 0.4) is 0 Å². The monoisotopic (exact) mass is 265 g/mol. The van der Waals surface area contributed by atoms with Gasteiger partial charge in [0.1, 0.15) is 0 Å². The molecule has 0 aromatic heterocycles. The van der Waals surface area contributed by atoms with Gasteiger partial charge in [-0.05, 0) is 49.4 Å². The van der Waals surface area contributed by atoms with E-state index in [1.54, 1.807) is 0 Å². The first-order valence-corrected chi connectivity index (χ1v) is 7.56. The average molecular weight is 265 g/mol. The highest BCUT2D eigenvalue weighted by atomic mass is 32.2. The summed E-state index contributed by atoms with van der Waals surface area (Å²) in [6.07, 6.45) is 3.17. The Labute approximate surface area is 114 Å². The van der Waals surface area contributed by atoms with Gasteiger partial charge in [-0.1, -0.05) is 6.92 Å². The predicted molar refractivity (Wildman–Crippen MR) is 79.4 cm³/mol. The summed E-state index contributed by atoms with van der Waals surface area (Å²) >= 11 is 1.83. The maximum absolute atomic E-state index is 10.1. The highest BCUT2D eigenvalue weighted by Crippen LogP contribution is 2.36. The quantitative estimate of drug-likeness (QED) is 0.906. The molecule has 1 aliphatic carbocycles. The molecule has 1 aromatic carbocycles. The van der Waals surface area contributed by atoms with E-state index in [1.807, 2.05) is 11.8 Å². The van der Waals surface area contributed by atoms with E-state index < -0.39 is 0 Å². The van der Waals surface area contributed by atoms with Crippen LogP contribution in [-0.4, -0.2) is 30.6 Å². The molecule has 0 saturated heterocycles. The molecule has 1 aromatic rings. The SMILES string of the molecule is C[C@H]1CC[C@@H](Sc2ccc(N(C)C)cc2)[C@H](O)C1. The lowest BCUT2D eigenvalue weighted by Gasteiger charge is -2.31. The number of hydrogen-bond donors (Lipinski definition) is 1. The van der Waals surface area contributed by atoms with E-state index in [1.165, 1.54) is 17.0 Å². The third-order valence-corrected chi connectivity index (χ3v) is 5.05. The Morgan fingerprint density at radius 2 is 1.83 bits per heavy atom. The second kappa shape index (κ2) is 5.98. The van der Waals surface area contributed by atoms with Crippen LogP contribution in [0.1, 0.15) is 26.2 Å². The third-order valence-electron chi connectivity index (χ3n) is 3.66. The average Bonchev–Trinajstić information content (AvgIpc) is 2.33. The molecule has 0 heterocycles. The second-order valence-electron chi connectivity index (χ2n) is 5.53. The molecular formula is C15H23NOS. The summed E-state index contributed by atoms with van der Waals surface area (Å²) in [6, 6.07) is 8.59. The first-order valence-electron chi connectivity index (χ1n) is 6.68. The molecule has 1 N–H and O–H groups in total. The van der Waals surface area contributed by atoms with Gasteiger partial charge in [-0.15, -0.1) is 11.8 Å². The Hall–Kier alpha value is -0.670. The number of nitrogens with zero attached hydrogens (tertiary/aromatic N) is 1. The lowest BCUT2D eigenvalue weighted by Crippen LogP contribution is -2.30.